The standard InChI is InChI=1S/C18H27N3O/c1-14-16(17-8-4-7-13-21(17)15(2)22)9-10-18(19-14)20-11-5-3-6-12-20/h9-10,17H,3-8,11-13H2,1-2H3. The molecule has 3 rings (SSSR count). The molecule has 0 bridgehead atoms. The molecule has 1 amide bonds. The van der Waals surface area contributed by atoms with Gasteiger partial charge in [-0.2, -0.15) is 0 Å². The second kappa shape index (κ2) is 6.67. The Morgan fingerprint density at radius 3 is 2.50 bits per heavy atom. The molecule has 0 aliphatic carbocycles. The fraction of sp³-hybridized carbons (Fsp3) is 0.667. The molecule has 0 spiro atoms. The molecule has 0 N–H and O–H groups in total. The van der Waals surface area contributed by atoms with Crippen molar-refractivity contribution in [1.29, 1.82) is 0 Å². The molecule has 2 aliphatic heterocycles. The Hall–Kier alpha value is -1.58. The molecule has 1 aromatic rings. The number of hydrogen-bond donors (Lipinski definition) is 0. The van der Waals surface area contributed by atoms with Crippen molar-refractivity contribution in [3.8, 4) is 0 Å². The van der Waals surface area contributed by atoms with Gasteiger partial charge in [0.1, 0.15) is 5.82 Å². The quantitative estimate of drug-likeness (QED) is 0.839. The third kappa shape index (κ3) is 3.11. The van der Waals surface area contributed by atoms with Crippen molar-refractivity contribution in [3.05, 3.63) is 23.4 Å². The Bertz CT molecular complexity index is 537. The van der Waals surface area contributed by atoms with Gasteiger partial charge in [0.25, 0.3) is 0 Å². The van der Waals surface area contributed by atoms with Gasteiger partial charge in [0.05, 0.1) is 6.04 Å². The lowest BCUT2D eigenvalue weighted by Gasteiger charge is -2.36. The molecule has 4 nitrogen and oxygen atoms in total. The maximum Gasteiger partial charge on any atom is 0.219 e. The van der Waals surface area contributed by atoms with Gasteiger partial charge in [-0.25, -0.2) is 4.98 Å². The van der Waals surface area contributed by atoms with Crippen LogP contribution in [0.4, 0.5) is 5.82 Å². The fourth-order valence-corrected chi connectivity index (χ4v) is 3.84. The first-order chi connectivity index (χ1) is 10.7. The lowest BCUT2D eigenvalue weighted by molar-refractivity contribution is -0.132. The van der Waals surface area contributed by atoms with Crippen LogP contribution < -0.4 is 4.90 Å². The van der Waals surface area contributed by atoms with Gasteiger partial charge in [-0.15, -0.1) is 0 Å². The van der Waals surface area contributed by atoms with Crippen molar-refractivity contribution in [3.63, 3.8) is 0 Å². The average molecular weight is 301 g/mol. The van der Waals surface area contributed by atoms with Crippen LogP contribution in [0.15, 0.2) is 12.1 Å². The molecule has 0 radical (unpaired) electrons. The minimum absolute atomic E-state index is 0.184. The molecule has 2 fully saturated rings. The van der Waals surface area contributed by atoms with E-state index in [1.165, 1.54) is 31.2 Å². The van der Waals surface area contributed by atoms with Crippen molar-refractivity contribution in [2.75, 3.05) is 24.5 Å². The summed E-state index contributed by atoms with van der Waals surface area (Å²) in [4.78, 5) is 21.2. The lowest BCUT2D eigenvalue weighted by atomic mass is 9.94. The molecule has 22 heavy (non-hydrogen) atoms. The summed E-state index contributed by atoms with van der Waals surface area (Å²) >= 11 is 0. The Morgan fingerprint density at radius 1 is 1.09 bits per heavy atom. The number of piperidine rings is 2. The zero-order valence-corrected chi connectivity index (χ0v) is 13.8. The summed E-state index contributed by atoms with van der Waals surface area (Å²) in [6, 6.07) is 4.58. The molecule has 1 aromatic heterocycles. The smallest absolute Gasteiger partial charge is 0.219 e. The number of amides is 1. The number of nitrogens with zero attached hydrogens (tertiary/aromatic N) is 3. The van der Waals surface area contributed by atoms with Crippen LogP contribution in [0.1, 0.15) is 62.7 Å². The summed E-state index contributed by atoms with van der Waals surface area (Å²) in [6.45, 7) is 6.90. The zero-order valence-electron chi connectivity index (χ0n) is 13.8. The number of pyridine rings is 1. The summed E-state index contributed by atoms with van der Waals surface area (Å²) in [7, 11) is 0. The van der Waals surface area contributed by atoms with Gasteiger partial charge in [-0.1, -0.05) is 6.07 Å². The van der Waals surface area contributed by atoms with Crippen molar-refractivity contribution < 1.29 is 4.79 Å². The van der Waals surface area contributed by atoms with Crippen LogP contribution in [0.2, 0.25) is 0 Å². The minimum Gasteiger partial charge on any atom is -0.357 e. The topological polar surface area (TPSA) is 36.4 Å². The molecule has 0 aromatic carbocycles. The number of aromatic nitrogens is 1. The van der Waals surface area contributed by atoms with E-state index in [0.717, 1.165) is 44.0 Å². The van der Waals surface area contributed by atoms with Crippen LogP contribution in [-0.2, 0) is 4.79 Å². The third-order valence-electron chi connectivity index (χ3n) is 5.06. The highest BCUT2D eigenvalue weighted by atomic mass is 16.2. The predicted octanol–water partition coefficient (Wildman–Crippen LogP) is 3.45. The number of likely N-dealkylation sites (tertiary alicyclic amines) is 1. The van der Waals surface area contributed by atoms with Gasteiger partial charge >= 0.3 is 0 Å². The SMILES string of the molecule is CC(=O)N1CCCCC1c1ccc(N2CCCCC2)nc1C. The van der Waals surface area contributed by atoms with Gasteiger partial charge in [-0.3, -0.25) is 4.79 Å². The van der Waals surface area contributed by atoms with Gasteiger partial charge in [0.15, 0.2) is 0 Å². The first kappa shape index (κ1) is 15.3. The van der Waals surface area contributed by atoms with E-state index in [4.69, 9.17) is 4.98 Å². The van der Waals surface area contributed by atoms with Gasteiger partial charge in [0.2, 0.25) is 5.91 Å². The fourth-order valence-electron chi connectivity index (χ4n) is 3.84. The molecule has 2 aliphatic rings. The van der Waals surface area contributed by atoms with Crippen molar-refractivity contribution in [2.45, 2.75) is 58.4 Å². The maximum atomic E-state index is 11.9. The summed E-state index contributed by atoms with van der Waals surface area (Å²) in [5, 5.41) is 0. The molecule has 0 saturated carbocycles. The number of rotatable bonds is 2. The second-order valence-corrected chi connectivity index (χ2v) is 6.62. The molecule has 4 heteroatoms. The molecule has 1 atom stereocenters. The molecule has 2 saturated heterocycles. The van der Waals surface area contributed by atoms with E-state index in [1.807, 2.05) is 4.90 Å². The summed E-state index contributed by atoms with van der Waals surface area (Å²) in [5.74, 6) is 1.29. The first-order valence-corrected chi connectivity index (χ1v) is 8.66. The molecular formula is C18H27N3O. The van der Waals surface area contributed by atoms with E-state index in [9.17, 15) is 4.79 Å². The predicted molar refractivity (Wildman–Crippen MR) is 89.0 cm³/mol. The first-order valence-electron chi connectivity index (χ1n) is 8.66. The summed E-state index contributed by atoms with van der Waals surface area (Å²) in [5.41, 5.74) is 2.32. The van der Waals surface area contributed by atoms with E-state index in [2.05, 4.69) is 24.0 Å². The minimum atomic E-state index is 0.184. The van der Waals surface area contributed by atoms with Crippen LogP contribution in [0.3, 0.4) is 0 Å². The largest absolute Gasteiger partial charge is 0.357 e. The van der Waals surface area contributed by atoms with Crippen LogP contribution >= 0.6 is 0 Å². The highest BCUT2D eigenvalue weighted by Crippen LogP contribution is 2.33. The molecule has 1 unspecified atom stereocenters. The Labute approximate surface area is 133 Å². The number of aryl methyl sites for hydroxylation is 1. The summed E-state index contributed by atoms with van der Waals surface area (Å²) < 4.78 is 0. The van der Waals surface area contributed by atoms with Crippen molar-refractivity contribution in [1.82, 2.24) is 9.88 Å². The molecular weight excluding hydrogens is 274 g/mol. The van der Waals surface area contributed by atoms with Gasteiger partial charge in [-0.05, 0) is 57.1 Å². The molecule has 3 heterocycles. The Balaban J connectivity index is 1.83. The number of hydrogen-bond acceptors (Lipinski definition) is 3. The third-order valence-corrected chi connectivity index (χ3v) is 5.06. The van der Waals surface area contributed by atoms with E-state index >= 15 is 0 Å². The maximum absolute atomic E-state index is 11.9. The van der Waals surface area contributed by atoms with Crippen LogP contribution in [0.5, 0.6) is 0 Å². The number of carbonyl (C=O) groups excluding carboxylic acids is 1. The van der Waals surface area contributed by atoms with Crippen LogP contribution in [0.25, 0.3) is 0 Å². The van der Waals surface area contributed by atoms with Crippen molar-refractivity contribution in [2.24, 2.45) is 0 Å². The highest BCUT2D eigenvalue weighted by molar-refractivity contribution is 5.74. The van der Waals surface area contributed by atoms with Gasteiger partial charge < -0.3 is 9.80 Å². The van der Waals surface area contributed by atoms with E-state index in [0.29, 0.717) is 0 Å². The van der Waals surface area contributed by atoms with Crippen LogP contribution in [-0.4, -0.2) is 35.4 Å². The second-order valence-electron chi connectivity index (χ2n) is 6.62. The van der Waals surface area contributed by atoms with Crippen molar-refractivity contribution >= 4 is 11.7 Å². The number of anilines is 1. The Morgan fingerprint density at radius 2 is 1.82 bits per heavy atom. The normalized spacial score (nSPS) is 22.7. The zero-order chi connectivity index (χ0) is 15.5. The average Bonchev–Trinajstić information content (AvgIpc) is 2.55. The van der Waals surface area contributed by atoms with Gasteiger partial charge in [0, 0.05) is 32.3 Å². The number of carbonyl (C=O) groups is 1. The summed E-state index contributed by atoms with van der Waals surface area (Å²) in [6.07, 6.45) is 7.25. The van der Waals surface area contributed by atoms with E-state index < -0.39 is 0 Å². The Kier molecular flexibility index (Phi) is 4.65. The lowest BCUT2D eigenvalue weighted by Crippen LogP contribution is -2.37. The molecule has 120 valence electrons. The monoisotopic (exact) mass is 301 g/mol. The highest BCUT2D eigenvalue weighted by Gasteiger charge is 2.27. The van der Waals surface area contributed by atoms with Crippen LogP contribution in [0, 0.1) is 6.92 Å². The van der Waals surface area contributed by atoms with E-state index in [-0.39, 0.29) is 11.9 Å². The van der Waals surface area contributed by atoms with E-state index in [1.54, 1.807) is 6.92 Å².